The quantitative estimate of drug-likeness (QED) is 0.747. The number of aldehydes is 1. The number of rotatable bonds is 2. The van der Waals surface area contributed by atoms with Crippen LogP contribution in [0.1, 0.15) is 63.0 Å². The van der Waals surface area contributed by atoms with Crippen LogP contribution in [0.2, 0.25) is 0 Å². The van der Waals surface area contributed by atoms with Gasteiger partial charge in [0.1, 0.15) is 5.75 Å². The zero-order chi connectivity index (χ0) is 17.4. The molecule has 2 nitrogen and oxygen atoms in total. The summed E-state index contributed by atoms with van der Waals surface area (Å²) in [5.74, 6) is 0.0495. The number of hydrogen-bond acceptors (Lipinski definition) is 2. The Bertz CT molecular complexity index is 696. The smallest absolute Gasteiger partial charge is 0.153 e. The second kappa shape index (κ2) is 5.84. The van der Waals surface area contributed by atoms with Crippen LogP contribution in [0.25, 0.3) is 11.1 Å². The van der Waals surface area contributed by atoms with Crippen LogP contribution in [-0.2, 0) is 10.8 Å². The van der Waals surface area contributed by atoms with E-state index in [1.165, 1.54) is 11.1 Å². The summed E-state index contributed by atoms with van der Waals surface area (Å²) in [4.78, 5) is 11.1. The molecule has 2 rings (SSSR count). The highest BCUT2D eigenvalue weighted by Gasteiger charge is 2.21. The number of carbonyl (C=O) groups excluding carboxylic acids is 1. The van der Waals surface area contributed by atoms with E-state index in [4.69, 9.17) is 0 Å². The summed E-state index contributed by atoms with van der Waals surface area (Å²) < 4.78 is 0. The molecule has 23 heavy (non-hydrogen) atoms. The largest absolute Gasteiger partial charge is 0.507 e. The second-order valence-corrected chi connectivity index (χ2v) is 8.16. The number of para-hydroxylation sites is 1. The van der Waals surface area contributed by atoms with Gasteiger partial charge in [0.05, 0.1) is 5.56 Å². The molecule has 2 aromatic carbocycles. The predicted octanol–water partition coefficient (Wildman–Crippen LogP) is 5.47. The highest BCUT2D eigenvalue weighted by atomic mass is 16.3. The lowest BCUT2D eigenvalue weighted by atomic mass is 9.79. The Labute approximate surface area is 139 Å². The highest BCUT2D eigenvalue weighted by molar-refractivity contribution is 5.86. The van der Waals surface area contributed by atoms with Gasteiger partial charge in [-0.15, -0.1) is 0 Å². The molecule has 0 heterocycles. The Hall–Kier alpha value is -2.09. The standard InChI is InChI=1S/C21H26O2/c1-20(2,3)16-10-15(11-17(12-16)21(4,5)6)18-9-7-8-14(13-22)19(18)23/h7-13,23H,1-6H3. The van der Waals surface area contributed by atoms with Gasteiger partial charge in [0, 0.05) is 5.56 Å². The van der Waals surface area contributed by atoms with Gasteiger partial charge in [-0.05, 0) is 33.6 Å². The molecule has 2 heteroatoms. The van der Waals surface area contributed by atoms with Crippen molar-refractivity contribution in [3.05, 3.63) is 53.1 Å². The molecule has 0 unspecified atom stereocenters. The molecule has 122 valence electrons. The molecular formula is C21H26O2. The van der Waals surface area contributed by atoms with Crippen LogP contribution in [0.5, 0.6) is 5.75 Å². The van der Waals surface area contributed by atoms with Gasteiger partial charge in [0.2, 0.25) is 0 Å². The average molecular weight is 310 g/mol. The zero-order valence-electron chi connectivity index (χ0n) is 14.9. The van der Waals surface area contributed by atoms with E-state index in [0.717, 1.165) is 5.56 Å². The fourth-order valence-corrected chi connectivity index (χ4v) is 2.54. The van der Waals surface area contributed by atoms with Crippen molar-refractivity contribution < 1.29 is 9.90 Å². The molecule has 0 radical (unpaired) electrons. The van der Waals surface area contributed by atoms with E-state index in [1.807, 2.05) is 6.07 Å². The Kier molecular flexibility index (Phi) is 4.39. The van der Waals surface area contributed by atoms with E-state index in [0.29, 0.717) is 17.4 Å². The number of phenols is 1. The van der Waals surface area contributed by atoms with E-state index >= 15 is 0 Å². The van der Waals surface area contributed by atoms with Crippen LogP contribution in [0, 0.1) is 0 Å². The predicted molar refractivity (Wildman–Crippen MR) is 96.3 cm³/mol. The lowest BCUT2D eigenvalue weighted by molar-refractivity contribution is 0.112. The maximum atomic E-state index is 11.1. The molecule has 0 amide bonds. The number of aromatic hydroxyl groups is 1. The van der Waals surface area contributed by atoms with Gasteiger partial charge in [-0.2, -0.15) is 0 Å². The lowest BCUT2D eigenvalue weighted by Crippen LogP contribution is -2.16. The number of benzene rings is 2. The van der Waals surface area contributed by atoms with E-state index < -0.39 is 0 Å². The Morgan fingerprint density at radius 2 is 1.39 bits per heavy atom. The maximum absolute atomic E-state index is 11.1. The minimum absolute atomic E-state index is 0.00784. The highest BCUT2D eigenvalue weighted by Crippen LogP contribution is 2.37. The maximum Gasteiger partial charge on any atom is 0.153 e. The lowest BCUT2D eigenvalue weighted by Gasteiger charge is -2.26. The molecule has 0 aliphatic rings. The van der Waals surface area contributed by atoms with Crippen LogP contribution < -0.4 is 0 Å². The van der Waals surface area contributed by atoms with Gasteiger partial charge >= 0.3 is 0 Å². The van der Waals surface area contributed by atoms with Crippen molar-refractivity contribution in [2.24, 2.45) is 0 Å². The molecule has 0 atom stereocenters. The van der Waals surface area contributed by atoms with E-state index in [1.54, 1.807) is 12.1 Å². The average Bonchev–Trinajstić information content (AvgIpc) is 2.45. The number of hydrogen-bond donors (Lipinski definition) is 1. The molecule has 0 aliphatic heterocycles. The first-order valence-corrected chi connectivity index (χ1v) is 7.97. The zero-order valence-corrected chi connectivity index (χ0v) is 14.9. The topological polar surface area (TPSA) is 37.3 Å². The third-order valence-electron chi connectivity index (χ3n) is 4.17. The van der Waals surface area contributed by atoms with Crippen molar-refractivity contribution in [3.8, 4) is 16.9 Å². The molecule has 1 N–H and O–H groups in total. The van der Waals surface area contributed by atoms with Crippen LogP contribution in [0.4, 0.5) is 0 Å². The molecule has 2 aromatic rings. The van der Waals surface area contributed by atoms with Gasteiger partial charge in [-0.25, -0.2) is 0 Å². The van der Waals surface area contributed by atoms with Gasteiger partial charge in [0.15, 0.2) is 6.29 Å². The molecule has 0 aromatic heterocycles. The molecule has 0 fully saturated rings. The van der Waals surface area contributed by atoms with Crippen molar-refractivity contribution in [1.82, 2.24) is 0 Å². The first kappa shape index (κ1) is 17.3. The molecule has 0 saturated heterocycles. The second-order valence-electron chi connectivity index (χ2n) is 8.16. The Morgan fingerprint density at radius 1 is 0.870 bits per heavy atom. The minimum atomic E-state index is 0.00784. The van der Waals surface area contributed by atoms with Crippen LogP contribution in [0.3, 0.4) is 0 Å². The third-order valence-corrected chi connectivity index (χ3v) is 4.17. The van der Waals surface area contributed by atoms with Crippen LogP contribution >= 0.6 is 0 Å². The first-order valence-electron chi connectivity index (χ1n) is 7.97. The molecule has 0 saturated carbocycles. The summed E-state index contributed by atoms with van der Waals surface area (Å²) in [6.45, 7) is 13.1. The third kappa shape index (κ3) is 3.64. The van der Waals surface area contributed by atoms with E-state index in [9.17, 15) is 9.90 Å². The van der Waals surface area contributed by atoms with Gasteiger partial charge in [-0.1, -0.05) is 71.9 Å². The first-order chi connectivity index (χ1) is 10.5. The summed E-state index contributed by atoms with van der Waals surface area (Å²) >= 11 is 0. The molecule has 0 spiro atoms. The summed E-state index contributed by atoms with van der Waals surface area (Å²) in [5, 5.41) is 10.4. The Balaban J connectivity index is 2.75. The minimum Gasteiger partial charge on any atom is -0.507 e. The summed E-state index contributed by atoms with van der Waals surface area (Å²) in [5.41, 5.74) is 4.42. The normalized spacial score (nSPS) is 12.3. The number of carbonyl (C=O) groups is 1. The van der Waals surface area contributed by atoms with Gasteiger partial charge in [-0.3, -0.25) is 4.79 Å². The van der Waals surface area contributed by atoms with Gasteiger partial charge in [0.25, 0.3) is 0 Å². The monoisotopic (exact) mass is 310 g/mol. The fourth-order valence-electron chi connectivity index (χ4n) is 2.54. The van der Waals surface area contributed by atoms with Crippen molar-refractivity contribution >= 4 is 6.29 Å². The SMILES string of the molecule is CC(C)(C)c1cc(-c2cccc(C=O)c2O)cc(C(C)(C)C)c1. The molecular weight excluding hydrogens is 284 g/mol. The summed E-state index contributed by atoms with van der Waals surface area (Å²) in [6.07, 6.45) is 0.692. The van der Waals surface area contributed by atoms with Crippen molar-refractivity contribution in [2.45, 2.75) is 52.4 Å². The van der Waals surface area contributed by atoms with Crippen molar-refractivity contribution in [2.75, 3.05) is 0 Å². The van der Waals surface area contributed by atoms with Crippen molar-refractivity contribution in [1.29, 1.82) is 0 Å². The summed E-state index contributed by atoms with van der Waals surface area (Å²) in [7, 11) is 0. The molecule has 0 aliphatic carbocycles. The fraction of sp³-hybridized carbons (Fsp3) is 0.381. The Morgan fingerprint density at radius 3 is 1.83 bits per heavy atom. The molecule has 0 bridgehead atoms. The van der Waals surface area contributed by atoms with Crippen LogP contribution in [0.15, 0.2) is 36.4 Å². The van der Waals surface area contributed by atoms with Crippen LogP contribution in [-0.4, -0.2) is 11.4 Å². The summed E-state index contributed by atoms with van der Waals surface area (Å²) in [6, 6.07) is 11.8. The number of phenolic OH excluding ortho intramolecular Hbond substituents is 1. The van der Waals surface area contributed by atoms with E-state index in [2.05, 4.69) is 59.7 Å². The van der Waals surface area contributed by atoms with E-state index in [-0.39, 0.29) is 16.6 Å². The van der Waals surface area contributed by atoms with Crippen molar-refractivity contribution in [3.63, 3.8) is 0 Å². The van der Waals surface area contributed by atoms with Gasteiger partial charge < -0.3 is 5.11 Å².